The van der Waals surface area contributed by atoms with E-state index in [1.165, 1.54) is 6.20 Å². The maximum absolute atomic E-state index is 11.9. The van der Waals surface area contributed by atoms with Crippen molar-refractivity contribution in [2.75, 3.05) is 29.5 Å². The molecule has 2 aromatic heterocycles. The lowest BCUT2D eigenvalue weighted by atomic mass is 10.2. The topological polar surface area (TPSA) is 129 Å². The van der Waals surface area contributed by atoms with Crippen molar-refractivity contribution in [1.82, 2.24) is 20.2 Å². The fourth-order valence-corrected chi connectivity index (χ4v) is 3.65. The van der Waals surface area contributed by atoms with Gasteiger partial charge in [-0.3, -0.25) is 9.78 Å². The average molecular weight is 337 g/mol. The second kappa shape index (κ2) is 5.61. The molecule has 23 heavy (non-hydrogen) atoms. The predicted octanol–water partition coefficient (Wildman–Crippen LogP) is -0.937. The van der Waals surface area contributed by atoms with Crippen LogP contribution in [0.4, 0.5) is 5.69 Å². The number of hydrogen-bond donors (Lipinski definition) is 2. The van der Waals surface area contributed by atoms with Crippen LogP contribution in [0.2, 0.25) is 0 Å². The summed E-state index contributed by atoms with van der Waals surface area (Å²) >= 11 is 0. The highest BCUT2D eigenvalue weighted by atomic mass is 32.2. The first-order valence-electron chi connectivity index (χ1n) is 6.98. The Balaban J connectivity index is 2.00. The van der Waals surface area contributed by atoms with Crippen LogP contribution in [-0.4, -0.2) is 53.2 Å². The van der Waals surface area contributed by atoms with Gasteiger partial charge in [-0.1, -0.05) is 0 Å². The van der Waals surface area contributed by atoms with Gasteiger partial charge in [0.1, 0.15) is 5.69 Å². The molecule has 0 bridgehead atoms. The maximum atomic E-state index is 11.9. The Kier molecular flexibility index (Phi) is 3.76. The van der Waals surface area contributed by atoms with E-state index in [0.717, 1.165) is 5.69 Å². The first-order chi connectivity index (χ1) is 10.9. The van der Waals surface area contributed by atoms with E-state index in [2.05, 4.69) is 20.2 Å². The van der Waals surface area contributed by atoms with Gasteiger partial charge in [0.25, 0.3) is 5.56 Å². The zero-order valence-electron chi connectivity index (χ0n) is 12.4. The molecule has 3 heterocycles. The third-order valence-electron chi connectivity index (χ3n) is 3.73. The summed E-state index contributed by atoms with van der Waals surface area (Å²) in [7, 11) is -2.98. The van der Waals surface area contributed by atoms with Crippen molar-refractivity contribution < 1.29 is 8.42 Å². The molecule has 3 rings (SSSR count). The Labute approximate surface area is 131 Å². The lowest BCUT2D eigenvalue weighted by molar-refractivity contribution is 0.586. The summed E-state index contributed by atoms with van der Waals surface area (Å²) < 4.78 is 23.1. The van der Waals surface area contributed by atoms with E-state index in [-0.39, 0.29) is 17.1 Å². The fourth-order valence-electron chi connectivity index (χ4n) is 2.45. The quantitative estimate of drug-likeness (QED) is 0.724. The van der Waals surface area contributed by atoms with E-state index < -0.39 is 21.1 Å². The second-order valence-corrected chi connectivity index (χ2v) is 7.63. The van der Waals surface area contributed by atoms with Crippen LogP contribution in [0.1, 0.15) is 5.69 Å². The first-order valence-corrected chi connectivity index (χ1v) is 8.80. The summed E-state index contributed by atoms with van der Waals surface area (Å²) in [6, 6.07) is 1.68. The van der Waals surface area contributed by atoms with Crippen molar-refractivity contribution in [3.05, 3.63) is 38.8 Å². The van der Waals surface area contributed by atoms with Gasteiger partial charge in [-0.15, -0.1) is 5.10 Å². The van der Waals surface area contributed by atoms with E-state index in [4.69, 9.17) is 0 Å². The van der Waals surface area contributed by atoms with Gasteiger partial charge in [-0.2, -0.15) is 5.10 Å². The van der Waals surface area contributed by atoms with E-state index in [1.54, 1.807) is 13.0 Å². The van der Waals surface area contributed by atoms with Gasteiger partial charge in [0.15, 0.2) is 9.84 Å². The number of sulfone groups is 1. The van der Waals surface area contributed by atoms with Gasteiger partial charge in [0.2, 0.25) is 0 Å². The van der Waals surface area contributed by atoms with E-state index in [9.17, 15) is 18.0 Å². The number of H-pyrrole nitrogens is 2. The minimum Gasteiger partial charge on any atom is -0.368 e. The van der Waals surface area contributed by atoms with Gasteiger partial charge in [-0.05, 0) is 13.0 Å². The van der Waals surface area contributed by atoms with Crippen LogP contribution in [0.3, 0.4) is 0 Å². The molecule has 0 saturated carbocycles. The van der Waals surface area contributed by atoms with E-state index in [0.29, 0.717) is 24.5 Å². The molecule has 0 atom stereocenters. The third-order valence-corrected chi connectivity index (χ3v) is 5.34. The Morgan fingerprint density at radius 3 is 2.52 bits per heavy atom. The molecule has 1 aliphatic rings. The molecule has 0 aliphatic carbocycles. The van der Waals surface area contributed by atoms with Gasteiger partial charge >= 0.3 is 5.69 Å². The van der Waals surface area contributed by atoms with Crippen LogP contribution in [0, 0.1) is 6.92 Å². The third kappa shape index (κ3) is 3.16. The Bertz CT molecular complexity index is 949. The van der Waals surface area contributed by atoms with E-state index >= 15 is 0 Å². The summed E-state index contributed by atoms with van der Waals surface area (Å²) in [6.45, 7) is 2.51. The molecule has 0 unspecified atom stereocenters. The Morgan fingerprint density at radius 1 is 1.17 bits per heavy atom. The average Bonchev–Trinajstić information content (AvgIpc) is 2.49. The van der Waals surface area contributed by atoms with Crippen LogP contribution in [0.15, 0.2) is 21.9 Å². The van der Waals surface area contributed by atoms with Crippen molar-refractivity contribution in [3.8, 4) is 11.3 Å². The zero-order valence-corrected chi connectivity index (χ0v) is 13.2. The lowest BCUT2D eigenvalue weighted by Crippen LogP contribution is -2.40. The molecule has 9 nitrogen and oxygen atoms in total. The number of anilines is 1. The molecule has 1 saturated heterocycles. The number of nitrogens with one attached hydrogen (secondary N) is 2. The molecule has 1 fully saturated rings. The molecule has 122 valence electrons. The molecule has 1 aliphatic heterocycles. The molecular formula is C13H15N5O4S. The molecule has 0 spiro atoms. The Hall–Kier alpha value is -2.49. The maximum Gasteiger partial charge on any atom is 0.325 e. The standard InChI is InChI=1S/C13H15N5O4S/c1-8-11(18-2-4-23(21,22)5-3-18)6-10(17-16-8)9-7-14-13(20)15-12(9)19/h6-7H,2-5H2,1H3,(H2,14,15,19,20). The van der Waals surface area contributed by atoms with Crippen LogP contribution in [0.25, 0.3) is 11.3 Å². The van der Waals surface area contributed by atoms with Gasteiger partial charge in [0.05, 0.1) is 28.5 Å². The number of nitrogens with zero attached hydrogens (tertiary/aromatic N) is 3. The number of aromatic nitrogens is 4. The number of aromatic amines is 2. The lowest BCUT2D eigenvalue weighted by Gasteiger charge is -2.29. The highest BCUT2D eigenvalue weighted by molar-refractivity contribution is 7.91. The fraction of sp³-hybridized carbons (Fsp3) is 0.385. The highest BCUT2D eigenvalue weighted by Crippen LogP contribution is 2.23. The molecular weight excluding hydrogens is 322 g/mol. The normalized spacial score (nSPS) is 17.2. The van der Waals surface area contributed by atoms with Crippen molar-refractivity contribution in [1.29, 1.82) is 0 Å². The molecule has 0 radical (unpaired) electrons. The van der Waals surface area contributed by atoms with Gasteiger partial charge in [-0.25, -0.2) is 13.2 Å². The summed E-state index contributed by atoms with van der Waals surface area (Å²) in [6.07, 6.45) is 1.28. The van der Waals surface area contributed by atoms with Crippen molar-refractivity contribution in [2.24, 2.45) is 0 Å². The smallest absolute Gasteiger partial charge is 0.325 e. The molecule has 2 aromatic rings. The van der Waals surface area contributed by atoms with Crippen LogP contribution < -0.4 is 16.1 Å². The largest absolute Gasteiger partial charge is 0.368 e. The van der Waals surface area contributed by atoms with Crippen molar-refractivity contribution in [3.63, 3.8) is 0 Å². The SMILES string of the molecule is Cc1nnc(-c2c[nH]c(=O)[nH]c2=O)cc1N1CCS(=O)(=O)CC1. The van der Waals surface area contributed by atoms with Crippen molar-refractivity contribution >= 4 is 15.5 Å². The summed E-state index contributed by atoms with van der Waals surface area (Å²) in [4.78, 5) is 29.4. The summed E-state index contributed by atoms with van der Waals surface area (Å²) in [5.41, 5.74) is 0.739. The highest BCUT2D eigenvalue weighted by Gasteiger charge is 2.23. The second-order valence-electron chi connectivity index (χ2n) is 5.32. The predicted molar refractivity (Wildman–Crippen MR) is 84.3 cm³/mol. The van der Waals surface area contributed by atoms with Crippen LogP contribution in [-0.2, 0) is 9.84 Å². The zero-order chi connectivity index (χ0) is 16.6. The first kappa shape index (κ1) is 15.4. The molecule has 0 amide bonds. The number of rotatable bonds is 2. The number of hydrogen-bond acceptors (Lipinski definition) is 7. The van der Waals surface area contributed by atoms with Crippen LogP contribution >= 0.6 is 0 Å². The summed E-state index contributed by atoms with van der Waals surface area (Å²) in [5, 5.41) is 8.03. The minimum atomic E-state index is -2.98. The number of aryl methyl sites for hydroxylation is 1. The molecule has 2 N–H and O–H groups in total. The molecule has 10 heteroatoms. The van der Waals surface area contributed by atoms with Crippen molar-refractivity contribution in [2.45, 2.75) is 6.92 Å². The van der Waals surface area contributed by atoms with E-state index in [1.807, 2.05) is 4.90 Å². The van der Waals surface area contributed by atoms with Crippen LogP contribution in [0.5, 0.6) is 0 Å². The monoisotopic (exact) mass is 337 g/mol. The summed E-state index contributed by atoms with van der Waals surface area (Å²) in [5.74, 6) is 0.173. The minimum absolute atomic E-state index is 0.0866. The van der Waals surface area contributed by atoms with Gasteiger partial charge in [0, 0.05) is 19.3 Å². The van der Waals surface area contributed by atoms with Gasteiger partial charge < -0.3 is 9.88 Å². The molecule has 0 aromatic carbocycles. The Morgan fingerprint density at radius 2 is 1.87 bits per heavy atom.